The minimum atomic E-state index is -0.0929. The minimum Gasteiger partial charge on any atom is -0.378 e. The molecule has 9 heteroatoms. The van der Waals surface area contributed by atoms with Crippen LogP contribution in [0.4, 0.5) is 11.4 Å². The molecule has 0 radical (unpaired) electrons. The number of benzene rings is 1. The van der Waals surface area contributed by atoms with E-state index in [1.807, 2.05) is 53.7 Å². The number of carbonyl (C=O) groups excluding carboxylic acids is 1. The molecule has 2 aromatic heterocycles. The molecule has 0 bridgehead atoms. The van der Waals surface area contributed by atoms with E-state index in [9.17, 15) is 4.79 Å². The number of amides is 1. The third-order valence-electron chi connectivity index (χ3n) is 4.56. The average Bonchev–Trinajstić information content (AvgIpc) is 3.41. The lowest BCUT2D eigenvalue weighted by Gasteiger charge is -2.28. The van der Waals surface area contributed by atoms with Gasteiger partial charge >= 0.3 is 0 Å². The standard InChI is InChI=1S/C20H23N5O3S/c1-24(14-19-22-20(23-28-19)17-3-2-12-29-17)13-18(26)21-15-4-6-16(7-5-15)25-8-10-27-11-9-25/h2-7,12H,8-11,13-14H2,1H3,(H,21,26). The van der Waals surface area contributed by atoms with Crippen LogP contribution in [0.1, 0.15) is 5.89 Å². The van der Waals surface area contributed by atoms with Crippen LogP contribution in [-0.4, -0.2) is 60.8 Å². The van der Waals surface area contributed by atoms with Gasteiger partial charge in [0, 0.05) is 24.5 Å². The second kappa shape index (κ2) is 9.17. The maximum atomic E-state index is 12.3. The van der Waals surface area contributed by atoms with Gasteiger partial charge in [0.05, 0.1) is 31.2 Å². The quantitative estimate of drug-likeness (QED) is 0.638. The summed E-state index contributed by atoms with van der Waals surface area (Å²) >= 11 is 1.56. The Bertz CT molecular complexity index is 920. The van der Waals surface area contributed by atoms with Crippen LogP contribution in [0, 0.1) is 0 Å². The van der Waals surface area contributed by atoms with Crippen molar-refractivity contribution in [3.05, 3.63) is 47.7 Å². The molecule has 29 heavy (non-hydrogen) atoms. The molecule has 1 aliphatic heterocycles. The fraction of sp³-hybridized carbons (Fsp3) is 0.350. The second-order valence-electron chi connectivity index (χ2n) is 6.86. The van der Waals surface area contributed by atoms with Crippen molar-refractivity contribution in [3.8, 4) is 10.7 Å². The average molecular weight is 414 g/mol. The van der Waals surface area contributed by atoms with Crippen molar-refractivity contribution in [2.24, 2.45) is 0 Å². The Morgan fingerprint density at radius 2 is 2.03 bits per heavy atom. The lowest BCUT2D eigenvalue weighted by atomic mass is 10.2. The molecule has 4 rings (SSSR count). The third kappa shape index (κ3) is 5.20. The zero-order chi connectivity index (χ0) is 20.1. The number of rotatable bonds is 7. The first-order chi connectivity index (χ1) is 14.2. The lowest BCUT2D eigenvalue weighted by Crippen LogP contribution is -2.36. The highest BCUT2D eigenvalue weighted by atomic mass is 32.1. The zero-order valence-corrected chi connectivity index (χ0v) is 17.0. The van der Waals surface area contributed by atoms with Gasteiger partial charge in [0.25, 0.3) is 0 Å². The Hall–Kier alpha value is -2.75. The summed E-state index contributed by atoms with van der Waals surface area (Å²) in [6, 6.07) is 11.8. The molecule has 1 N–H and O–H groups in total. The van der Waals surface area contributed by atoms with Crippen molar-refractivity contribution < 1.29 is 14.1 Å². The van der Waals surface area contributed by atoms with E-state index in [2.05, 4.69) is 20.4 Å². The normalized spacial score (nSPS) is 14.3. The van der Waals surface area contributed by atoms with Gasteiger partial charge in [-0.1, -0.05) is 11.2 Å². The molecule has 0 saturated carbocycles. The van der Waals surface area contributed by atoms with Gasteiger partial charge in [-0.2, -0.15) is 4.98 Å². The summed E-state index contributed by atoms with van der Waals surface area (Å²) in [5.41, 5.74) is 1.92. The Morgan fingerprint density at radius 3 is 2.76 bits per heavy atom. The van der Waals surface area contributed by atoms with Gasteiger partial charge in [-0.05, 0) is 42.8 Å². The van der Waals surface area contributed by atoms with E-state index in [0.29, 0.717) is 18.3 Å². The van der Waals surface area contributed by atoms with Crippen molar-refractivity contribution in [2.75, 3.05) is 50.1 Å². The Morgan fingerprint density at radius 1 is 1.24 bits per heavy atom. The molecule has 3 aromatic rings. The van der Waals surface area contributed by atoms with Crippen LogP contribution in [0.25, 0.3) is 10.7 Å². The van der Waals surface area contributed by atoms with Crippen LogP contribution in [0.3, 0.4) is 0 Å². The molecule has 0 unspecified atom stereocenters. The van der Waals surface area contributed by atoms with Crippen LogP contribution in [0.2, 0.25) is 0 Å². The van der Waals surface area contributed by atoms with Gasteiger partial charge in [0.15, 0.2) is 0 Å². The second-order valence-corrected chi connectivity index (χ2v) is 7.80. The van der Waals surface area contributed by atoms with Gasteiger partial charge in [-0.3, -0.25) is 9.69 Å². The molecule has 1 fully saturated rings. The molecular formula is C20H23N5O3S. The largest absolute Gasteiger partial charge is 0.378 e. The number of anilines is 2. The van der Waals surface area contributed by atoms with Crippen molar-refractivity contribution in [3.63, 3.8) is 0 Å². The third-order valence-corrected chi connectivity index (χ3v) is 5.42. The maximum absolute atomic E-state index is 12.3. The molecule has 1 saturated heterocycles. The van der Waals surface area contributed by atoms with Crippen molar-refractivity contribution in [1.82, 2.24) is 15.0 Å². The van der Waals surface area contributed by atoms with Crippen molar-refractivity contribution in [1.29, 1.82) is 0 Å². The smallest absolute Gasteiger partial charge is 0.241 e. The summed E-state index contributed by atoms with van der Waals surface area (Å²) in [4.78, 5) is 21.8. The van der Waals surface area contributed by atoms with E-state index in [4.69, 9.17) is 9.26 Å². The summed E-state index contributed by atoms with van der Waals surface area (Å²) in [5.74, 6) is 0.969. The predicted octanol–water partition coefficient (Wildman–Crippen LogP) is 2.71. The lowest BCUT2D eigenvalue weighted by molar-refractivity contribution is -0.117. The first-order valence-corrected chi connectivity index (χ1v) is 10.3. The van der Waals surface area contributed by atoms with Gasteiger partial charge in [-0.25, -0.2) is 0 Å². The molecule has 1 amide bonds. The van der Waals surface area contributed by atoms with Gasteiger partial charge in [0.2, 0.25) is 17.6 Å². The van der Waals surface area contributed by atoms with Crippen LogP contribution >= 0.6 is 11.3 Å². The van der Waals surface area contributed by atoms with E-state index in [-0.39, 0.29) is 12.5 Å². The van der Waals surface area contributed by atoms with Gasteiger partial charge < -0.3 is 19.5 Å². The van der Waals surface area contributed by atoms with Crippen molar-refractivity contribution in [2.45, 2.75) is 6.54 Å². The highest BCUT2D eigenvalue weighted by Crippen LogP contribution is 2.22. The van der Waals surface area contributed by atoms with E-state index >= 15 is 0 Å². The number of hydrogen-bond donors (Lipinski definition) is 1. The number of hydrogen-bond acceptors (Lipinski definition) is 8. The number of thiophene rings is 1. The molecule has 1 aliphatic rings. The van der Waals surface area contributed by atoms with Crippen LogP contribution in [-0.2, 0) is 16.1 Å². The molecule has 0 aliphatic carbocycles. The fourth-order valence-corrected chi connectivity index (χ4v) is 3.78. The number of ether oxygens (including phenoxy) is 1. The van der Waals surface area contributed by atoms with E-state index in [1.165, 1.54) is 0 Å². The Balaban J connectivity index is 1.26. The summed E-state index contributed by atoms with van der Waals surface area (Å²) < 4.78 is 10.7. The Kier molecular flexibility index (Phi) is 6.18. The van der Waals surface area contributed by atoms with Crippen LogP contribution in [0.5, 0.6) is 0 Å². The number of carbonyl (C=O) groups is 1. The number of morpholine rings is 1. The summed E-state index contributed by atoms with van der Waals surface area (Å²) in [5, 5.41) is 8.89. The SMILES string of the molecule is CN(CC(=O)Nc1ccc(N2CCOCC2)cc1)Cc1nc(-c2cccs2)no1. The topological polar surface area (TPSA) is 83.7 Å². The van der Waals surface area contributed by atoms with Crippen molar-refractivity contribution >= 4 is 28.6 Å². The van der Waals surface area contributed by atoms with Gasteiger partial charge in [-0.15, -0.1) is 11.3 Å². The molecule has 1 aromatic carbocycles. The zero-order valence-electron chi connectivity index (χ0n) is 16.2. The monoisotopic (exact) mass is 413 g/mol. The number of aromatic nitrogens is 2. The van der Waals surface area contributed by atoms with E-state index in [1.54, 1.807) is 11.3 Å². The number of nitrogens with zero attached hydrogens (tertiary/aromatic N) is 4. The summed E-state index contributed by atoms with van der Waals surface area (Å²) in [6.45, 7) is 3.91. The molecule has 152 valence electrons. The molecule has 0 spiro atoms. The summed E-state index contributed by atoms with van der Waals surface area (Å²) in [7, 11) is 1.84. The molecule has 8 nitrogen and oxygen atoms in total. The van der Waals surface area contributed by atoms with Gasteiger partial charge in [0.1, 0.15) is 0 Å². The first kappa shape index (κ1) is 19.6. The molecule has 0 atom stereocenters. The fourth-order valence-electron chi connectivity index (χ4n) is 3.13. The molecular weight excluding hydrogens is 390 g/mol. The van der Waals surface area contributed by atoms with Crippen LogP contribution in [0.15, 0.2) is 46.3 Å². The van der Waals surface area contributed by atoms with E-state index < -0.39 is 0 Å². The van der Waals surface area contributed by atoms with E-state index in [0.717, 1.165) is 42.6 Å². The molecule has 3 heterocycles. The highest BCUT2D eigenvalue weighted by Gasteiger charge is 2.14. The highest BCUT2D eigenvalue weighted by molar-refractivity contribution is 7.13. The predicted molar refractivity (Wildman–Crippen MR) is 112 cm³/mol. The number of nitrogens with one attached hydrogen (secondary N) is 1. The maximum Gasteiger partial charge on any atom is 0.241 e. The number of likely N-dealkylation sites (N-methyl/N-ethyl adjacent to an activating group) is 1. The minimum absolute atomic E-state index is 0.0929. The summed E-state index contributed by atoms with van der Waals surface area (Å²) in [6.07, 6.45) is 0. The Labute approximate surface area is 173 Å². The first-order valence-electron chi connectivity index (χ1n) is 9.45. The van der Waals surface area contributed by atoms with Crippen LogP contribution < -0.4 is 10.2 Å².